The minimum atomic E-state index is -2.58. The molecule has 0 saturated heterocycles. The molecule has 0 aliphatic carbocycles. The maximum Gasteiger partial charge on any atom is 0.266 e. The Balaban J connectivity index is 3.22. The van der Waals surface area contributed by atoms with Crippen molar-refractivity contribution in [3.8, 4) is 0 Å². The van der Waals surface area contributed by atoms with Crippen LogP contribution in [-0.2, 0) is 5.88 Å². The number of hydrogen-bond acceptors (Lipinski definition) is 1. The first-order valence-electron chi connectivity index (χ1n) is 3.25. The first kappa shape index (κ1) is 11.1. The third-order valence-corrected chi connectivity index (χ3v) is 2.66. The normalized spacial score (nSPS) is 10.9. The molecule has 0 N–H and O–H groups in total. The van der Waals surface area contributed by atoms with Crippen LogP contribution in [0.15, 0.2) is 10.7 Å². The predicted molar refractivity (Wildman–Crippen MR) is 51.5 cm³/mol. The standard InChI is InChI=1S/C7H4BrCl2F2N/c8-5-4(7(11)12)1-3(2-9)6(10)13-5/h1,7H,2H2. The summed E-state index contributed by atoms with van der Waals surface area (Å²) < 4.78 is 24.7. The molecular weight excluding hydrogens is 287 g/mol. The fraction of sp³-hybridized carbons (Fsp3) is 0.286. The molecule has 0 fully saturated rings. The minimum absolute atomic E-state index is 0.0568. The molecule has 1 nitrogen and oxygen atoms in total. The fourth-order valence-electron chi connectivity index (χ4n) is 0.776. The molecule has 0 bridgehead atoms. The maximum atomic E-state index is 12.3. The number of hydrogen-bond donors (Lipinski definition) is 0. The van der Waals surface area contributed by atoms with Crippen molar-refractivity contribution in [3.05, 3.63) is 26.9 Å². The molecule has 0 radical (unpaired) electrons. The molecule has 6 heteroatoms. The van der Waals surface area contributed by atoms with Gasteiger partial charge in [0.05, 0.1) is 11.4 Å². The molecular formula is C7H4BrCl2F2N. The number of rotatable bonds is 2. The Morgan fingerprint density at radius 2 is 2.15 bits per heavy atom. The van der Waals surface area contributed by atoms with Crippen LogP contribution in [0.2, 0.25) is 5.15 Å². The molecule has 1 heterocycles. The molecule has 1 rings (SSSR count). The second kappa shape index (κ2) is 4.53. The lowest BCUT2D eigenvalue weighted by Crippen LogP contribution is -1.94. The molecule has 1 aromatic rings. The fourth-order valence-corrected chi connectivity index (χ4v) is 1.82. The molecule has 1 aromatic heterocycles. The number of aromatic nitrogens is 1. The quantitative estimate of drug-likeness (QED) is 0.588. The molecule has 0 amide bonds. The van der Waals surface area contributed by atoms with Crippen molar-refractivity contribution in [1.29, 1.82) is 0 Å². The second-order valence-corrected chi connectivity index (χ2v) is 3.63. The zero-order valence-corrected chi connectivity index (χ0v) is 9.30. The Hall–Kier alpha value is 0.0700. The third kappa shape index (κ3) is 2.51. The van der Waals surface area contributed by atoms with Crippen LogP contribution in [0.5, 0.6) is 0 Å². The van der Waals surface area contributed by atoms with Gasteiger partial charge in [-0.2, -0.15) is 0 Å². The summed E-state index contributed by atoms with van der Waals surface area (Å²) in [5.41, 5.74) is 0.210. The number of pyridine rings is 1. The van der Waals surface area contributed by atoms with Crippen molar-refractivity contribution in [2.45, 2.75) is 12.3 Å². The summed E-state index contributed by atoms with van der Waals surface area (Å²) >= 11 is 14.0. The smallest absolute Gasteiger partial charge is 0.228 e. The van der Waals surface area contributed by atoms with Gasteiger partial charge >= 0.3 is 0 Å². The van der Waals surface area contributed by atoms with E-state index in [0.717, 1.165) is 0 Å². The van der Waals surface area contributed by atoms with E-state index in [9.17, 15) is 8.78 Å². The first-order chi connectivity index (χ1) is 6.06. The van der Waals surface area contributed by atoms with Gasteiger partial charge in [-0.05, 0) is 22.0 Å². The van der Waals surface area contributed by atoms with Crippen molar-refractivity contribution >= 4 is 39.1 Å². The summed E-state index contributed by atoms with van der Waals surface area (Å²) in [7, 11) is 0. The minimum Gasteiger partial charge on any atom is -0.228 e. The second-order valence-electron chi connectivity index (χ2n) is 2.25. The lowest BCUT2D eigenvalue weighted by atomic mass is 10.2. The Kier molecular flexibility index (Phi) is 3.88. The van der Waals surface area contributed by atoms with Gasteiger partial charge in [0.1, 0.15) is 9.76 Å². The van der Waals surface area contributed by atoms with Gasteiger partial charge in [-0.1, -0.05) is 11.6 Å². The van der Waals surface area contributed by atoms with E-state index in [4.69, 9.17) is 23.2 Å². The Bertz CT molecular complexity index is 320. The maximum absolute atomic E-state index is 12.3. The van der Waals surface area contributed by atoms with Crippen molar-refractivity contribution in [3.63, 3.8) is 0 Å². The summed E-state index contributed by atoms with van der Waals surface area (Å²) in [4.78, 5) is 3.68. The van der Waals surface area contributed by atoms with Crippen LogP contribution in [0, 0.1) is 0 Å². The number of halogens is 5. The lowest BCUT2D eigenvalue weighted by molar-refractivity contribution is 0.150. The van der Waals surface area contributed by atoms with E-state index in [2.05, 4.69) is 20.9 Å². The van der Waals surface area contributed by atoms with E-state index in [1.54, 1.807) is 0 Å². The van der Waals surface area contributed by atoms with Crippen LogP contribution >= 0.6 is 39.1 Å². The van der Waals surface area contributed by atoms with Crippen LogP contribution < -0.4 is 0 Å². The Morgan fingerprint density at radius 3 is 2.62 bits per heavy atom. The van der Waals surface area contributed by atoms with Crippen molar-refractivity contribution in [2.75, 3.05) is 0 Å². The summed E-state index contributed by atoms with van der Waals surface area (Å²) in [5, 5.41) is 0.145. The van der Waals surface area contributed by atoms with Gasteiger partial charge in [0, 0.05) is 5.56 Å². The summed E-state index contributed by atoms with van der Waals surface area (Å²) in [6.45, 7) is 0. The molecule has 0 aromatic carbocycles. The highest BCUT2D eigenvalue weighted by molar-refractivity contribution is 9.10. The van der Waals surface area contributed by atoms with Gasteiger partial charge in [-0.3, -0.25) is 0 Å². The number of nitrogens with zero attached hydrogens (tertiary/aromatic N) is 1. The lowest BCUT2D eigenvalue weighted by Gasteiger charge is -2.05. The van der Waals surface area contributed by atoms with Crippen LogP contribution in [0.1, 0.15) is 17.6 Å². The third-order valence-electron chi connectivity index (χ3n) is 1.41. The molecule has 72 valence electrons. The van der Waals surface area contributed by atoms with E-state index in [0.29, 0.717) is 5.56 Å². The molecule has 0 atom stereocenters. The SMILES string of the molecule is FC(F)c1cc(CCl)c(Cl)nc1Br. The van der Waals surface area contributed by atoms with E-state index in [1.165, 1.54) is 6.07 Å². The van der Waals surface area contributed by atoms with E-state index >= 15 is 0 Å². The van der Waals surface area contributed by atoms with Gasteiger partial charge in [0.25, 0.3) is 6.43 Å². The van der Waals surface area contributed by atoms with Crippen LogP contribution in [0.3, 0.4) is 0 Å². The highest BCUT2D eigenvalue weighted by Crippen LogP contribution is 2.30. The van der Waals surface area contributed by atoms with Gasteiger partial charge in [0.15, 0.2) is 0 Å². The zero-order valence-electron chi connectivity index (χ0n) is 6.20. The van der Waals surface area contributed by atoms with Crippen LogP contribution in [0.25, 0.3) is 0 Å². The van der Waals surface area contributed by atoms with Crippen molar-refractivity contribution < 1.29 is 8.78 Å². The Morgan fingerprint density at radius 1 is 1.54 bits per heavy atom. The Labute approximate surface area is 92.2 Å². The van der Waals surface area contributed by atoms with Gasteiger partial charge < -0.3 is 0 Å². The molecule has 0 aliphatic heterocycles. The summed E-state index contributed by atoms with van der Waals surface area (Å²) in [6.07, 6.45) is -2.58. The monoisotopic (exact) mass is 289 g/mol. The van der Waals surface area contributed by atoms with E-state index in [1.807, 2.05) is 0 Å². The van der Waals surface area contributed by atoms with Crippen LogP contribution in [0.4, 0.5) is 8.78 Å². The number of alkyl halides is 3. The van der Waals surface area contributed by atoms with E-state index < -0.39 is 6.43 Å². The average molecular weight is 291 g/mol. The molecule has 0 saturated carbocycles. The average Bonchev–Trinajstić information content (AvgIpc) is 2.03. The van der Waals surface area contributed by atoms with E-state index in [-0.39, 0.29) is 21.2 Å². The van der Waals surface area contributed by atoms with Crippen LogP contribution in [-0.4, -0.2) is 4.98 Å². The predicted octanol–water partition coefficient (Wildman–Crippen LogP) is 4.17. The molecule has 0 aliphatic rings. The highest BCUT2D eigenvalue weighted by atomic mass is 79.9. The van der Waals surface area contributed by atoms with Crippen molar-refractivity contribution in [2.24, 2.45) is 0 Å². The van der Waals surface area contributed by atoms with Gasteiger partial charge in [0.2, 0.25) is 0 Å². The molecule has 13 heavy (non-hydrogen) atoms. The summed E-state index contributed by atoms with van der Waals surface area (Å²) in [5.74, 6) is 0.0683. The van der Waals surface area contributed by atoms with Gasteiger partial charge in [-0.15, -0.1) is 11.6 Å². The largest absolute Gasteiger partial charge is 0.266 e. The summed E-state index contributed by atoms with van der Waals surface area (Å²) in [6, 6.07) is 1.25. The zero-order chi connectivity index (χ0) is 10.0. The first-order valence-corrected chi connectivity index (χ1v) is 4.95. The molecule has 0 spiro atoms. The van der Waals surface area contributed by atoms with Crippen molar-refractivity contribution in [1.82, 2.24) is 4.98 Å². The highest BCUT2D eigenvalue weighted by Gasteiger charge is 2.15. The topological polar surface area (TPSA) is 12.9 Å². The molecule has 0 unspecified atom stereocenters. The van der Waals surface area contributed by atoms with Gasteiger partial charge in [-0.25, -0.2) is 13.8 Å².